The highest BCUT2D eigenvalue weighted by molar-refractivity contribution is 7.91. The van der Waals surface area contributed by atoms with Crippen molar-refractivity contribution >= 4 is 15.5 Å². The van der Waals surface area contributed by atoms with Crippen LogP contribution in [0, 0.1) is 11.6 Å². The van der Waals surface area contributed by atoms with E-state index in [0.717, 1.165) is 18.2 Å². The van der Waals surface area contributed by atoms with Crippen molar-refractivity contribution in [1.29, 1.82) is 0 Å². The fourth-order valence-corrected chi connectivity index (χ4v) is 5.19. The fourth-order valence-electron chi connectivity index (χ4n) is 3.17. The topological polar surface area (TPSA) is 60.2 Å². The first-order valence-corrected chi connectivity index (χ1v) is 9.94. The van der Waals surface area contributed by atoms with E-state index in [1.54, 1.807) is 31.2 Å². The van der Waals surface area contributed by atoms with Crippen LogP contribution >= 0.6 is 0 Å². The molecular weight excluding hydrogens is 368 g/mol. The summed E-state index contributed by atoms with van der Waals surface area (Å²) in [6, 6.07) is 17.5. The Morgan fingerprint density at radius 1 is 0.889 bits per heavy atom. The number of sulfone groups is 1. The minimum absolute atomic E-state index is 0.00754. The molecule has 3 rings (SSSR count). The van der Waals surface area contributed by atoms with Crippen molar-refractivity contribution < 1.29 is 17.2 Å². The number of benzene rings is 3. The molecular formula is C21H19F2NO2S. The summed E-state index contributed by atoms with van der Waals surface area (Å²) in [6.45, 7) is 1.69. The first-order chi connectivity index (χ1) is 12.8. The summed E-state index contributed by atoms with van der Waals surface area (Å²) in [5.74, 6) is -2.06. The number of halogens is 2. The number of anilines is 1. The zero-order valence-corrected chi connectivity index (χ0v) is 15.5. The zero-order valence-electron chi connectivity index (χ0n) is 14.6. The van der Waals surface area contributed by atoms with Crippen LogP contribution in [0.2, 0.25) is 0 Å². The highest BCUT2D eigenvalue weighted by Gasteiger charge is 2.36. The third-order valence-corrected chi connectivity index (χ3v) is 6.85. The SMILES string of the molecule is CC(c1ccccc1)C(c1cc(F)ccc1F)S(=O)(=O)c1ccc(N)cc1. The summed E-state index contributed by atoms with van der Waals surface area (Å²) < 4.78 is 55.2. The van der Waals surface area contributed by atoms with Gasteiger partial charge in [-0.2, -0.15) is 0 Å². The molecule has 140 valence electrons. The number of nitrogen functional groups attached to an aromatic ring is 1. The summed E-state index contributed by atoms with van der Waals surface area (Å²) in [4.78, 5) is 0.00754. The van der Waals surface area contributed by atoms with Gasteiger partial charge in [0.2, 0.25) is 0 Å². The summed E-state index contributed by atoms with van der Waals surface area (Å²) in [5, 5.41) is -1.29. The lowest BCUT2D eigenvalue weighted by Gasteiger charge is -2.25. The molecule has 2 atom stereocenters. The van der Waals surface area contributed by atoms with Gasteiger partial charge in [-0.3, -0.25) is 0 Å². The van der Waals surface area contributed by atoms with Gasteiger partial charge in [-0.15, -0.1) is 0 Å². The van der Waals surface area contributed by atoms with Gasteiger partial charge in [0.25, 0.3) is 0 Å². The quantitative estimate of drug-likeness (QED) is 0.636. The Balaban J connectivity index is 2.21. The van der Waals surface area contributed by atoms with Gasteiger partial charge >= 0.3 is 0 Å². The summed E-state index contributed by atoms with van der Waals surface area (Å²) in [6.07, 6.45) is 0. The third-order valence-electron chi connectivity index (χ3n) is 4.59. The van der Waals surface area contributed by atoms with E-state index in [-0.39, 0.29) is 10.5 Å². The number of hydrogen-bond acceptors (Lipinski definition) is 3. The standard InChI is InChI=1S/C21H19F2NO2S/c1-14(15-5-3-2-4-6-15)21(19-13-16(22)7-12-20(19)23)27(25,26)18-10-8-17(24)9-11-18/h2-14,21H,24H2,1H3. The summed E-state index contributed by atoms with van der Waals surface area (Å²) in [5.41, 5.74) is 6.58. The molecule has 27 heavy (non-hydrogen) atoms. The number of rotatable bonds is 5. The molecule has 0 bridgehead atoms. The summed E-state index contributed by atoms with van der Waals surface area (Å²) >= 11 is 0. The second-order valence-corrected chi connectivity index (χ2v) is 8.47. The van der Waals surface area contributed by atoms with Crippen LogP contribution in [0.15, 0.2) is 77.7 Å². The normalized spacial score (nSPS) is 13.9. The highest BCUT2D eigenvalue weighted by Crippen LogP contribution is 2.41. The van der Waals surface area contributed by atoms with Crippen LogP contribution in [0.3, 0.4) is 0 Å². The molecule has 0 aliphatic carbocycles. The van der Waals surface area contributed by atoms with Gasteiger partial charge in [0.1, 0.15) is 16.9 Å². The summed E-state index contributed by atoms with van der Waals surface area (Å²) in [7, 11) is -4.02. The largest absolute Gasteiger partial charge is 0.399 e. The minimum atomic E-state index is -4.02. The fraction of sp³-hybridized carbons (Fsp3) is 0.143. The van der Waals surface area contributed by atoms with E-state index in [1.165, 1.54) is 24.3 Å². The predicted molar refractivity (Wildman–Crippen MR) is 102 cm³/mol. The van der Waals surface area contributed by atoms with Crippen molar-refractivity contribution in [3.8, 4) is 0 Å². The van der Waals surface area contributed by atoms with Gasteiger partial charge in [-0.1, -0.05) is 37.3 Å². The maximum atomic E-state index is 14.6. The Morgan fingerprint density at radius 3 is 2.15 bits per heavy atom. The number of hydrogen-bond donors (Lipinski definition) is 1. The van der Waals surface area contributed by atoms with E-state index in [4.69, 9.17) is 5.73 Å². The first-order valence-electron chi connectivity index (χ1n) is 8.40. The van der Waals surface area contributed by atoms with Gasteiger partial charge in [0.05, 0.1) is 4.90 Å². The van der Waals surface area contributed by atoms with Crippen LogP contribution < -0.4 is 5.73 Å². The van der Waals surface area contributed by atoms with Crippen molar-refractivity contribution in [2.75, 3.05) is 5.73 Å². The van der Waals surface area contributed by atoms with Crippen LogP contribution in [-0.2, 0) is 9.84 Å². The molecule has 0 spiro atoms. The van der Waals surface area contributed by atoms with Crippen LogP contribution in [0.1, 0.15) is 29.2 Å². The molecule has 0 radical (unpaired) electrons. The van der Waals surface area contributed by atoms with E-state index in [0.29, 0.717) is 11.3 Å². The Labute approximate surface area is 157 Å². The Morgan fingerprint density at radius 2 is 1.52 bits per heavy atom. The molecule has 3 nitrogen and oxygen atoms in total. The molecule has 0 saturated heterocycles. The predicted octanol–water partition coefficient (Wildman–Crippen LogP) is 4.87. The van der Waals surface area contributed by atoms with Gasteiger partial charge in [-0.25, -0.2) is 17.2 Å². The van der Waals surface area contributed by atoms with Crippen LogP contribution in [-0.4, -0.2) is 8.42 Å². The zero-order chi connectivity index (χ0) is 19.6. The number of nitrogens with two attached hydrogens (primary N) is 1. The van der Waals surface area contributed by atoms with E-state index < -0.39 is 32.6 Å². The van der Waals surface area contributed by atoms with Crippen molar-refractivity contribution in [2.24, 2.45) is 0 Å². The second-order valence-electron chi connectivity index (χ2n) is 6.40. The minimum Gasteiger partial charge on any atom is -0.399 e. The van der Waals surface area contributed by atoms with E-state index in [2.05, 4.69) is 0 Å². The molecule has 0 saturated carbocycles. The van der Waals surface area contributed by atoms with Crippen molar-refractivity contribution in [3.05, 3.63) is 95.6 Å². The lowest BCUT2D eigenvalue weighted by atomic mass is 9.93. The molecule has 6 heteroatoms. The maximum absolute atomic E-state index is 14.6. The molecule has 0 aromatic heterocycles. The monoisotopic (exact) mass is 387 g/mol. The van der Waals surface area contributed by atoms with Crippen molar-refractivity contribution in [1.82, 2.24) is 0 Å². The molecule has 0 heterocycles. The molecule has 0 aliphatic rings. The van der Waals surface area contributed by atoms with Crippen molar-refractivity contribution in [3.63, 3.8) is 0 Å². The lowest BCUT2D eigenvalue weighted by molar-refractivity contribution is 0.541. The van der Waals surface area contributed by atoms with Crippen molar-refractivity contribution in [2.45, 2.75) is 23.0 Å². The Bertz CT molecular complexity index is 1040. The molecule has 2 N–H and O–H groups in total. The smallest absolute Gasteiger partial charge is 0.186 e. The van der Waals surface area contributed by atoms with E-state index in [9.17, 15) is 17.2 Å². The van der Waals surface area contributed by atoms with Crippen LogP contribution in [0.4, 0.5) is 14.5 Å². The van der Waals surface area contributed by atoms with Crippen LogP contribution in [0.25, 0.3) is 0 Å². The molecule has 2 unspecified atom stereocenters. The second kappa shape index (κ2) is 7.48. The lowest BCUT2D eigenvalue weighted by Crippen LogP contribution is -2.21. The first kappa shape index (κ1) is 19.0. The average Bonchev–Trinajstić information content (AvgIpc) is 2.65. The third kappa shape index (κ3) is 3.85. The van der Waals surface area contributed by atoms with Gasteiger partial charge in [0, 0.05) is 17.2 Å². The average molecular weight is 387 g/mol. The van der Waals surface area contributed by atoms with Gasteiger partial charge in [-0.05, 0) is 48.0 Å². The highest BCUT2D eigenvalue weighted by atomic mass is 32.2. The van der Waals surface area contributed by atoms with E-state index >= 15 is 0 Å². The van der Waals surface area contributed by atoms with Gasteiger partial charge < -0.3 is 5.73 Å². The van der Waals surface area contributed by atoms with E-state index in [1.807, 2.05) is 6.07 Å². The Kier molecular flexibility index (Phi) is 5.28. The Hall–Kier alpha value is -2.73. The van der Waals surface area contributed by atoms with Gasteiger partial charge in [0.15, 0.2) is 9.84 Å². The maximum Gasteiger partial charge on any atom is 0.186 e. The molecule has 0 aliphatic heterocycles. The molecule has 3 aromatic carbocycles. The molecule has 0 fully saturated rings. The molecule has 0 amide bonds. The van der Waals surface area contributed by atoms with Crippen LogP contribution in [0.5, 0.6) is 0 Å². The molecule has 3 aromatic rings.